The summed E-state index contributed by atoms with van der Waals surface area (Å²) in [6.07, 6.45) is 0.524. The Balaban J connectivity index is 1.89. The van der Waals surface area contributed by atoms with Crippen LogP contribution in [0.4, 0.5) is 0 Å². The zero-order valence-electron chi connectivity index (χ0n) is 9.91. The first-order valence-electron chi connectivity index (χ1n) is 6.11. The number of ether oxygens (including phenoxy) is 1. The normalized spacial score (nSPS) is 27.5. The van der Waals surface area contributed by atoms with Crippen LogP contribution < -0.4 is 0 Å². The van der Waals surface area contributed by atoms with Gasteiger partial charge in [-0.3, -0.25) is 0 Å². The molecule has 0 radical (unpaired) electrons. The second-order valence-electron chi connectivity index (χ2n) is 4.61. The Morgan fingerprint density at radius 1 is 0.765 bits per heavy atom. The third kappa shape index (κ3) is 1.87. The highest BCUT2D eigenvalue weighted by Crippen LogP contribution is 2.47. The molecule has 1 saturated heterocycles. The fourth-order valence-corrected chi connectivity index (χ4v) is 2.61. The highest BCUT2D eigenvalue weighted by atomic mass is 16.5. The number of benzene rings is 2. The molecule has 3 atom stereocenters. The van der Waals surface area contributed by atoms with E-state index in [0.717, 1.165) is 0 Å². The second kappa shape index (κ2) is 4.34. The van der Waals surface area contributed by atoms with Crippen molar-refractivity contribution < 1.29 is 4.74 Å². The second-order valence-corrected chi connectivity index (χ2v) is 4.61. The minimum Gasteiger partial charge on any atom is -0.369 e. The quantitative estimate of drug-likeness (QED) is 0.751. The van der Waals surface area contributed by atoms with E-state index in [9.17, 15) is 0 Å². The summed E-state index contributed by atoms with van der Waals surface area (Å²) in [7, 11) is 0. The smallest absolute Gasteiger partial charge is 0.0922 e. The van der Waals surface area contributed by atoms with Crippen molar-refractivity contribution in [3.63, 3.8) is 0 Å². The van der Waals surface area contributed by atoms with E-state index in [1.165, 1.54) is 11.1 Å². The fraction of sp³-hybridized carbons (Fsp3) is 0.250. The molecule has 0 aromatic heterocycles. The molecule has 2 aromatic carbocycles. The standard InChI is InChI=1S/C16H16O/c1-12-15(13-8-4-2-5-9-13)16(17-12)14-10-6-3-7-11-14/h2-12,15-16H,1H3/t12-,15-,16-/m1/s1. The third-order valence-corrected chi connectivity index (χ3v) is 3.51. The third-order valence-electron chi connectivity index (χ3n) is 3.51. The van der Waals surface area contributed by atoms with Gasteiger partial charge in [-0.2, -0.15) is 0 Å². The molecule has 0 bridgehead atoms. The molecule has 0 saturated carbocycles. The summed E-state index contributed by atoms with van der Waals surface area (Å²) in [6, 6.07) is 21.1. The zero-order chi connectivity index (χ0) is 11.7. The summed E-state index contributed by atoms with van der Waals surface area (Å²) in [5, 5.41) is 0. The maximum absolute atomic E-state index is 5.89. The molecule has 1 fully saturated rings. The van der Waals surface area contributed by atoms with E-state index < -0.39 is 0 Å². The Bertz CT molecular complexity index is 477. The van der Waals surface area contributed by atoms with E-state index in [4.69, 9.17) is 4.74 Å². The molecule has 0 spiro atoms. The van der Waals surface area contributed by atoms with Gasteiger partial charge in [0.15, 0.2) is 0 Å². The van der Waals surface area contributed by atoms with Gasteiger partial charge >= 0.3 is 0 Å². The molecule has 1 heterocycles. The van der Waals surface area contributed by atoms with Crippen LogP contribution in [0.5, 0.6) is 0 Å². The Hall–Kier alpha value is -1.60. The fourth-order valence-electron chi connectivity index (χ4n) is 2.61. The van der Waals surface area contributed by atoms with Gasteiger partial charge in [0.2, 0.25) is 0 Å². The van der Waals surface area contributed by atoms with Gasteiger partial charge in [0, 0.05) is 5.92 Å². The van der Waals surface area contributed by atoms with Crippen molar-refractivity contribution in [2.45, 2.75) is 25.0 Å². The van der Waals surface area contributed by atoms with Gasteiger partial charge < -0.3 is 4.74 Å². The van der Waals surface area contributed by atoms with Crippen LogP contribution >= 0.6 is 0 Å². The predicted octanol–water partition coefficient (Wildman–Crippen LogP) is 3.93. The molecular formula is C16H16O. The molecule has 2 aromatic rings. The van der Waals surface area contributed by atoms with E-state index in [0.29, 0.717) is 12.0 Å². The van der Waals surface area contributed by atoms with E-state index in [2.05, 4.69) is 61.5 Å². The van der Waals surface area contributed by atoms with Crippen LogP contribution in [-0.2, 0) is 4.74 Å². The maximum atomic E-state index is 5.89. The first-order valence-corrected chi connectivity index (χ1v) is 6.11. The minimum atomic E-state index is 0.216. The van der Waals surface area contributed by atoms with Crippen LogP contribution in [-0.4, -0.2) is 6.10 Å². The molecule has 1 nitrogen and oxygen atoms in total. The lowest BCUT2D eigenvalue weighted by molar-refractivity contribution is -0.142. The van der Waals surface area contributed by atoms with Crippen molar-refractivity contribution in [3.05, 3.63) is 71.8 Å². The van der Waals surface area contributed by atoms with Gasteiger partial charge in [-0.25, -0.2) is 0 Å². The first kappa shape index (κ1) is 10.5. The molecule has 1 heteroatoms. The summed E-state index contributed by atoms with van der Waals surface area (Å²) < 4.78 is 5.89. The first-order chi connectivity index (χ1) is 8.36. The number of hydrogen-bond donors (Lipinski definition) is 0. The topological polar surface area (TPSA) is 9.23 Å². The maximum Gasteiger partial charge on any atom is 0.0922 e. The molecule has 0 aliphatic carbocycles. The molecule has 3 rings (SSSR count). The van der Waals surface area contributed by atoms with E-state index in [1.54, 1.807) is 0 Å². The van der Waals surface area contributed by atoms with Crippen molar-refractivity contribution in [2.75, 3.05) is 0 Å². The molecule has 1 aliphatic heterocycles. The van der Waals surface area contributed by atoms with Crippen molar-refractivity contribution in [1.29, 1.82) is 0 Å². The van der Waals surface area contributed by atoms with Crippen molar-refractivity contribution in [3.8, 4) is 0 Å². The van der Waals surface area contributed by atoms with Crippen molar-refractivity contribution in [2.24, 2.45) is 0 Å². The van der Waals surface area contributed by atoms with Gasteiger partial charge in [0.05, 0.1) is 12.2 Å². The van der Waals surface area contributed by atoms with E-state index in [-0.39, 0.29) is 6.10 Å². The van der Waals surface area contributed by atoms with Crippen molar-refractivity contribution >= 4 is 0 Å². The van der Waals surface area contributed by atoms with Gasteiger partial charge in [0.25, 0.3) is 0 Å². The lowest BCUT2D eigenvalue weighted by Gasteiger charge is -2.44. The van der Waals surface area contributed by atoms with Crippen molar-refractivity contribution in [1.82, 2.24) is 0 Å². The van der Waals surface area contributed by atoms with E-state index >= 15 is 0 Å². The summed E-state index contributed by atoms with van der Waals surface area (Å²) in [6.45, 7) is 2.15. The summed E-state index contributed by atoms with van der Waals surface area (Å²) >= 11 is 0. The Morgan fingerprint density at radius 2 is 1.29 bits per heavy atom. The van der Waals surface area contributed by atoms with Crippen LogP contribution in [0, 0.1) is 0 Å². The average molecular weight is 224 g/mol. The minimum absolute atomic E-state index is 0.216. The number of hydrogen-bond acceptors (Lipinski definition) is 1. The monoisotopic (exact) mass is 224 g/mol. The highest BCUT2D eigenvalue weighted by molar-refractivity contribution is 5.30. The average Bonchev–Trinajstić information content (AvgIpc) is 2.38. The predicted molar refractivity (Wildman–Crippen MR) is 68.9 cm³/mol. The van der Waals surface area contributed by atoms with Gasteiger partial charge in [0.1, 0.15) is 0 Å². The molecule has 0 amide bonds. The lowest BCUT2D eigenvalue weighted by Crippen LogP contribution is -2.38. The Kier molecular flexibility index (Phi) is 2.69. The SMILES string of the molecule is C[C@H]1O[C@H](c2ccccc2)[C@H]1c1ccccc1. The van der Waals surface area contributed by atoms with Gasteiger partial charge in [-0.15, -0.1) is 0 Å². The lowest BCUT2D eigenvalue weighted by atomic mass is 9.80. The zero-order valence-corrected chi connectivity index (χ0v) is 9.91. The number of rotatable bonds is 2. The van der Waals surface area contributed by atoms with Crippen LogP contribution in [0.3, 0.4) is 0 Å². The molecule has 17 heavy (non-hydrogen) atoms. The van der Waals surface area contributed by atoms with Crippen LogP contribution in [0.1, 0.15) is 30.1 Å². The molecule has 0 N–H and O–H groups in total. The highest BCUT2D eigenvalue weighted by Gasteiger charge is 2.41. The molecule has 86 valence electrons. The molecule has 0 unspecified atom stereocenters. The van der Waals surface area contributed by atoms with Crippen LogP contribution in [0.15, 0.2) is 60.7 Å². The summed E-state index contributed by atoms with van der Waals surface area (Å²) in [4.78, 5) is 0. The van der Waals surface area contributed by atoms with E-state index in [1.807, 2.05) is 6.07 Å². The van der Waals surface area contributed by atoms with Gasteiger partial charge in [-0.1, -0.05) is 60.7 Å². The van der Waals surface area contributed by atoms with Gasteiger partial charge in [-0.05, 0) is 18.1 Å². The largest absolute Gasteiger partial charge is 0.369 e. The van der Waals surface area contributed by atoms with Crippen LogP contribution in [0.25, 0.3) is 0 Å². The Labute approximate surface area is 102 Å². The van der Waals surface area contributed by atoms with Crippen LogP contribution in [0.2, 0.25) is 0 Å². The molecule has 1 aliphatic rings. The summed E-state index contributed by atoms with van der Waals surface area (Å²) in [5.74, 6) is 0.485. The molecular weight excluding hydrogens is 208 g/mol. The summed E-state index contributed by atoms with van der Waals surface area (Å²) in [5.41, 5.74) is 2.65. The Morgan fingerprint density at radius 3 is 1.82 bits per heavy atom.